The molecule has 1 aromatic heterocycles. The Bertz CT molecular complexity index is 763. The number of aromatic nitrogens is 1. The number of nitrogens with zero attached hydrogens (tertiary/aromatic N) is 1. The van der Waals surface area contributed by atoms with Crippen molar-refractivity contribution in [2.75, 3.05) is 26.9 Å². The predicted octanol–water partition coefficient (Wildman–Crippen LogP) is 1.55. The van der Waals surface area contributed by atoms with Crippen LogP contribution in [-0.4, -0.2) is 43.7 Å². The third-order valence-corrected chi connectivity index (χ3v) is 3.47. The average molecular weight is 369 g/mol. The molecule has 7 heteroatoms. The van der Waals surface area contributed by atoms with Crippen LogP contribution in [0.15, 0.2) is 54.9 Å². The second-order valence-corrected chi connectivity index (χ2v) is 5.62. The molecular formula is C20H23N3O4. The van der Waals surface area contributed by atoms with Gasteiger partial charge in [0.05, 0.1) is 6.61 Å². The van der Waals surface area contributed by atoms with E-state index in [0.29, 0.717) is 25.4 Å². The van der Waals surface area contributed by atoms with Gasteiger partial charge in [-0.3, -0.25) is 14.6 Å². The number of amides is 2. The summed E-state index contributed by atoms with van der Waals surface area (Å²) in [5.41, 5.74) is 1.72. The molecule has 2 amide bonds. The minimum absolute atomic E-state index is 0.0809. The van der Waals surface area contributed by atoms with Gasteiger partial charge in [-0.1, -0.05) is 18.2 Å². The summed E-state index contributed by atoms with van der Waals surface area (Å²) < 4.78 is 10.3. The van der Waals surface area contributed by atoms with Crippen LogP contribution >= 0.6 is 0 Å². The number of rotatable bonds is 10. The highest BCUT2D eigenvalue weighted by atomic mass is 16.5. The monoisotopic (exact) mass is 369 g/mol. The van der Waals surface area contributed by atoms with Gasteiger partial charge in [-0.2, -0.15) is 0 Å². The molecule has 1 aromatic carbocycles. The van der Waals surface area contributed by atoms with Crippen molar-refractivity contribution < 1.29 is 19.1 Å². The maximum Gasteiger partial charge on any atom is 0.258 e. The lowest BCUT2D eigenvalue weighted by molar-refractivity contribution is -0.123. The standard InChI is InChI=1S/C20H23N3O4/c1-26-11-10-22-20(25)15-27-18-6-2-4-16(12-18)7-8-19(24)23-14-17-5-3-9-21-13-17/h2-9,12-13H,10-11,14-15H2,1H3,(H,22,25)(H,23,24). The summed E-state index contributed by atoms with van der Waals surface area (Å²) >= 11 is 0. The normalized spacial score (nSPS) is 10.6. The Labute approximate surface area is 158 Å². The molecule has 0 aliphatic rings. The summed E-state index contributed by atoms with van der Waals surface area (Å²) in [5.74, 6) is 0.125. The maximum absolute atomic E-state index is 11.9. The zero-order valence-corrected chi connectivity index (χ0v) is 15.2. The maximum atomic E-state index is 11.9. The zero-order chi connectivity index (χ0) is 19.3. The molecule has 0 spiro atoms. The van der Waals surface area contributed by atoms with Crippen LogP contribution in [0.5, 0.6) is 5.75 Å². The summed E-state index contributed by atoms with van der Waals surface area (Å²) in [6.07, 6.45) is 6.52. The molecule has 0 unspecified atom stereocenters. The van der Waals surface area contributed by atoms with Crippen molar-refractivity contribution in [2.24, 2.45) is 0 Å². The molecule has 0 saturated carbocycles. The number of benzene rings is 1. The van der Waals surface area contributed by atoms with Gasteiger partial charge >= 0.3 is 0 Å². The molecule has 27 heavy (non-hydrogen) atoms. The van der Waals surface area contributed by atoms with E-state index in [9.17, 15) is 9.59 Å². The number of pyridine rings is 1. The van der Waals surface area contributed by atoms with Crippen LogP contribution in [0, 0.1) is 0 Å². The summed E-state index contributed by atoms with van der Waals surface area (Å²) in [6.45, 7) is 1.23. The van der Waals surface area contributed by atoms with Crippen molar-refractivity contribution in [2.45, 2.75) is 6.54 Å². The van der Waals surface area contributed by atoms with Gasteiger partial charge in [0.15, 0.2) is 6.61 Å². The van der Waals surface area contributed by atoms with Gasteiger partial charge in [0.1, 0.15) is 5.75 Å². The summed E-state index contributed by atoms with van der Waals surface area (Å²) in [5, 5.41) is 5.46. The van der Waals surface area contributed by atoms with Crippen molar-refractivity contribution in [1.29, 1.82) is 0 Å². The number of hydrogen-bond acceptors (Lipinski definition) is 5. The Balaban J connectivity index is 1.79. The minimum atomic E-state index is -0.220. The second-order valence-electron chi connectivity index (χ2n) is 5.62. The fraction of sp³-hybridized carbons (Fsp3) is 0.250. The first-order valence-corrected chi connectivity index (χ1v) is 8.50. The Morgan fingerprint density at radius 2 is 2.07 bits per heavy atom. The van der Waals surface area contributed by atoms with Gasteiger partial charge in [0.25, 0.3) is 5.91 Å². The molecule has 0 saturated heterocycles. The van der Waals surface area contributed by atoms with E-state index in [4.69, 9.17) is 9.47 Å². The number of ether oxygens (including phenoxy) is 2. The third-order valence-electron chi connectivity index (χ3n) is 3.47. The summed E-state index contributed by atoms with van der Waals surface area (Å²) in [4.78, 5) is 27.5. The molecule has 142 valence electrons. The fourth-order valence-electron chi connectivity index (χ4n) is 2.12. The molecule has 1 heterocycles. The van der Waals surface area contributed by atoms with Crippen molar-refractivity contribution in [3.8, 4) is 5.75 Å². The molecular weight excluding hydrogens is 346 g/mol. The Kier molecular flexibility index (Phi) is 8.52. The van der Waals surface area contributed by atoms with Crippen molar-refractivity contribution in [1.82, 2.24) is 15.6 Å². The minimum Gasteiger partial charge on any atom is -0.484 e. The first kappa shape index (κ1) is 20.1. The Hall–Kier alpha value is -3.19. The molecule has 2 rings (SSSR count). The van der Waals surface area contributed by atoms with Gasteiger partial charge < -0.3 is 20.1 Å². The van der Waals surface area contributed by atoms with Gasteiger partial charge in [-0.15, -0.1) is 0 Å². The van der Waals surface area contributed by atoms with Crippen LogP contribution in [0.1, 0.15) is 11.1 Å². The fourth-order valence-corrected chi connectivity index (χ4v) is 2.12. The number of nitrogens with one attached hydrogen (secondary N) is 2. The van der Waals surface area contributed by atoms with E-state index in [1.54, 1.807) is 43.8 Å². The van der Waals surface area contributed by atoms with E-state index in [2.05, 4.69) is 15.6 Å². The number of methoxy groups -OCH3 is 1. The molecule has 0 bridgehead atoms. The van der Waals surface area contributed by atoms with E-state index < -0.39 is 0 Å². The van der Waals surface area contributed by atoms with Crippen LogP contribution in [0.25, 0.3) is 6.08 Å². The Morgan fingerprint density at radius 3 is 2.85 bits per heavy atom. The quantitative estimate of drug-likeness (QED) is 0.490. The number of carbonyl (C=O) groups excluding carboxylic acids is 2. The van der Waals surface area contributed by atoms with Crippen LogP contribution < -0.4 is 15.4 Å². The molecule has 0 aliphatic heterocycles. The molecule has 0 aliphatic carbocycles. The molecule has 0 atom stereocenters. The third kappa shape index (κ3) is 8.15. The Morgan fingerprint density at radius 1 is 1.19 bits per heavy atom. The largest absolute Gasteiger partial charge is 0.484 e. The van der Waals surface area contributed by atoms with Crippen molar-refractivity contribution >= 4 is 17.9 Å². The number of hydrogen-bond donors (Lipinski definition) is 2. The molecule has 2 aromatic rings. The summed E-state index contributed by atoms with van der Waals surface area (Å²) in [6, 6.07) is 10.9. The zero-order valence-electron chi connectivity index (χ0n) is 15.2. The molecule has 7 nitrogen and oxygen atoms in total. The predicted molar refractivity (Wildman–Crippen MR) is 102 cm³/mol. The van der Waals surface area contributed by atoms with E-state index >= 15 is 0 Å². The van der Waals surface area contributed by atoms with Gasteiger partial charge in [0.2, 0.25) is 5.91 Å². The average Bonchev–Trinajstić information content (AvgIpc) is 2.70. The molecule has 2 N–H and O–H groups in total. The first-order valence-electron chi connectivity index (χ1n) is 8.50. The first-order chi connectivity index (χ1) is 13.2. The van der Waals surface area contributed by atoms with Crippen molar-refractivity contribution in [3.63, 3.8) is 0 Å². The van der Waals surface area contributed by atoms with Crippen molar-refractivity contribution in [3.05, 3.63) is 66.0 Å². The summed E-state index contributed by atoms with van der Waals surface area (Å²) in [7, 11) is 1.57. The van der Waals surface area contributed by atoms with Gasteiger partial charge in [0, 0.05) is 38.7 Å². The van der Waals surface area contributed by atoms with Crippen LogP contribution in [0.3, 0.4) is 0 Å². The second kappa shape index (κ2) is 11.4. The SMILES string of the molecule is COCCNC(=O)COc1cccc(C=CC(=O)NCc2cccnc2)c1. The molecule has 0 radical (unpaired) electrons. The lowest BCUT2D eigenvalue weighted by Crippen LogP contribution is -2.31. The van der Waals surface area contributed by atoms with Crippen LogP contribution in [-0.2, 0) is 20.9 Å². The van der Waals surface area contributed by atoms with Gasteiger partial charge in [-0.25, -0.2) is 0 Å². The molecule has 0 fully saturated rings. The lowest BCUT2D eigenvalue weighted by Gasteiger charge is -2.07. The van der Waals surface area contributed by atoms with E-state index in [1.165, 1.54) is 6.08 Å². The number of carbonyl (C=O) groups is 2. The van der Waals surface area contributed by atoms with Crippen LogP contribution in [0.2, 0.25) is 0 Å². The highest BCUT2D eigenvalue weighted by molar-refractivity contribution is 5.91. The van der Waals surface area contributed by atoms with E-state index in [-0.39, 0.29) is 18.4 Å². The highest BCUT2D eigenvalue weighted by Gasteiger charge is 2.03. The van der Waals surface area contributed by atoms with Crippen LogP contribution in [0.4, 0.5) is 0 Å². The lowest BCUT2D eigenvalue weighted by atomic mass is 10.2. The van der Waals surface area contributed by atoms with Gasteiger partial charge in [-0.05, 0) is 35.4 Å². The van der Waals surface area contributed by atoms with E-state index in [0.717, 1.165) is 11.1 Å². The topological polar surface area (TPSA) is 89.5 Å². The smallest absolute Gasteiger partial charge is 0.258 e. The van der Waals surface area contributed by atoms with E-state index in [1.807, 2.05) is 18.2 Å². The highest BCUT2D eigenvalue weighted by Crippen LogP contribution is 2.14.